The summed E-state index contributed by atoms with van der Waals surface area (Å²) in [6.45, 7) is 0. The third-order valence-electron chi connectivity index (χ3n) is 4.12. The summed E-state index contributed by atoms with van der Waals surface area (Å²) in [5.74, 6) is -0.400. The number of ether oxygens (including phenoxy) is 1. The van der Waals surface area contributed by atoms with E-state index in [-0.39, 0.29) is 27.6 Å². The minimum atomic E-state index is -3.74. The molecular weight excluding hydrogens is 400 g/mol. The fourth-order valence-corrected chi connectivity index (χ4v) is 3.48. The number of methoxy groups -OCH3 is 1. The van der Waals surface area contributed by atoms with Gasteiger partial charge in [0.2, 0.25) is 10.0 Å². The van der Waals surface area contributed by atoms with Gasteiger partial charge >= 0.3 is 0 Å². The minimum Gasteiger partial charge on any atom is -0.495 e. The Hall–Kier alpha value is -3.18. The van der Waals surface area contributed by atoms with E-state index in [0.29, 0.717) is 5.69 Å². The van der Waals surface area contributed by atoms with Crippen molar-refractivity contribution in [1.82, 2.24) is 4.31 Å². The third-order valence-corrected chi connectivity index (χ3v) is 5.93. The summed E-state index contributed by atoms with van der Waals surface area (Å²) < 4.78 is 31.0. The lowest BCUT2D eigenvalue weighted by Crippen LogP contribution is -2.23. The first-order valence-corrected chi connectivity index (χ1v) is 9.80. The Labute approximate surface area is 168 Å². The van der Waals surface area contributed by atoms with Crippen LogP contribution in [0.3, 0.4) is 0 Å². The summed E-state index contributed by atoms with van der Waals surface area (Å²) in [5.41, 5.74) is 0.407. The number of nitrogens with zero attached hydrogens (tertiary/aromatic N) is 3. The average molecular weight is 422 g/mol. The zero-order valence-electron chi connectivity index (χ0n) is 16.7. The van der Waals surface area contributed by atoms with Crippen LogP contribution in [0, 0.1) is 10.1 Å². The van der Waals surface area contributed by atoms with E-state index < -0.39 is 20.9 Å². The van der Waals surface area contributed by atoms with Gasteiger partial charge in [0.25, 0.3) is 11.6 Å². The predicted molar refractivity (Wildman–Crippen MR) is 109 cm³/mol. The molecule has 0 unspecified atom stereocenters. The van der Waals surface area contributed by atoms with Gasteiger partial charge in [0.1, 0.15) is 5.75 Å². The number of nitro benzene ring substituents is 1. The van der Waals surface area contributed by atoms with Crippen LogP contribution in [0.1, 0.15) is 10.4 Å². The van der Waals surface area contributed by atoms with Crippen molar-refractivity contribution in [2.45, 2.75) is 4.90 Å². The van der Waals surface area contributed by atoms with Crippen LogP contribution in [0.5, 0.6) is 5.75 Å². The topological polar surface area (TPSA) is 122 Å². The Balaban J connectivity index is 2.52. The Morgan fingerprint density at radius 1 is 1.10 bits per heavy atom. The first kappa shape index (κ1) is 22.1. The number of anilines is 2. The molecule has 0 aliphatic heterocycles. The van der Waals surface area contributed by atoms with E-state index in [1.165, 1.54) is 51.5 Å². The van der Waals surface area contributed by atoms with E-state index >= 15 is 0 Å². The summed E-state index contributed by atoms with van der Waals surface area (Å²) in [7, 11) is 3.82. The maximum absolute atomic E-state index is 12.9. The molecule has 0 bridgehead atoms. The number of amides is 1. The second-order valence-electron chi connectivity index (χ2n) is 6.46. The summed E-state index contributed by atoms with van der Waals surface area (Å²) >= 11 is 0. The number of nitrogens with one attached hydrogen (secondary N) is 1. The maximum atomic E-state index is 12.9. The Kier molecular flexibility index (Phi) is 6.44. The van der Waals surface area contributed by atoms with Crippen molar-refractivity contribution >= 4 is 33.0 Å². The van der Waals surface area contributed by atoms with Crippen LogP contribution in [0.25, 0.3) is 0 Å². The number of hydrogen-bond acceptors (Lipinski definition) is 7. The molecule has 2 aromatic carbocycles. The lowest BCUT2D eigenvalue weighted by atomic mass is 10.1. The maximum Gasteiger partial charge on any atom is 0.270 e. The molecule has 10 nitrogen and oxygen atoms in total. The Morgan fingerprint density at radius 3 is 2.28 bits per heavy atom. The Bertz CT molecular complexity index is 1050. The highest BCUT2D eigenvalue weighted by atomic mass is 32.2. The van der Waals surface area contributed by atoms with Gasteiger partial charge in [-0.25, -0.2) is 12.7 Å². The van der Waals surface area contributed by atoms with Crippen LogP contribution in [-0.4, -0.2) is 58.9 Å². The van der Waals surface area contributed by atoms with E-state index in [4.69, 9.17) is 4.74 Å². The van der Waals surface area contributed by atoms with Crippen LogP contribution in [0.15, 0.2) is 41.3 Å². The molecule has 11 heteroatoms. The average Bonchev–Trinajstić information content (AvgIpc) is 2.66. The molecule has 1 N–H and O–H groups in total. The number of nitro groups is 1. The van der Waals surface area contributed by atoms with Crippen LogP contribution in [0.4, 0.5) is 17.1 Å². The SMILES string of the molecule is COc1ccc(S(=O)(=O)N(C)C)cc1NC(=O)c1cc([N+](=O)[O-])ccc1N(C)C. The molecule has 0 heterocycles. The number of benzene rings is 2. The molecule has 1 amide bonds. The third kappa shape index (κ3) is 4.63. The van der Waals surface area contributed by atoms with Crippen LogP contribution in [-0.2, 0) is 10.0 Å². The van der Waals surface area contributed by atoms with E-state index in [1.807, 2.05) is 0 Å². The molecule has 0 fully saturated rings. The van der Waals surface area contributed by atoms with Crippen LogP contribution >= 0.6 is 0 Å². The number of non-ortho nitro benzene ring substituents is 1. The molecule has 0 radical (unpaired) electrons. The Morgan fingerprint density at radius 2 is 1.76 bits per heavy atom. The van der Waals surface area contributed by atoms with Crippen LogP contribution in [0.2, 0.25) is 0 Å². The molecule has 0 atom stereocenters. The molecule has 2 rings (SSSR count). The highest BCUT2D eigenvalue weighted by Crippen LogP contribution is 2.31. The zero-order chi connectivity index (χ0) is 21.9. The van der Waals surface area contributed by atoms with Gasteiger partial charge in [0.15, 0.2) is 0 Å². The summed E-state index contributed by atoms with van der Waals surface area (Å²) in [4.78, 5) is 25.0. The van der Waals surface area contributed by atoms with Gasteiger partial charge in [-0.2, -0.15) is 0 Å². The van der Waals surface area contributed by atoms with Gasteiger partial charge in [-0.15, -0.1) is 0 Å². The van der Waals surface area contributed by atoms with E-state index in [2.05, 4.69) is 5.32 Å². The second kappa shape index (κ2) is 8.45. The lowest BCUT2D eigenvalue weighted by Gasteiger charge is -2.18. The number of hydrogen-bond donors (Lipinski definition) is 1. The second-order valence-corrected chi connectivity index (χ2v) is 8.61. The molecule has 2 aromatic rings. The highest BCUT2D eigenvalue weighted by molar-refractivity contribution is 7.89. The molecular formula is C18H22N4O6S. The van der Waals surface area contributed by atoms with Crippen molar-refractivity contribution in [2.24, 2.45) is 0 Å². The largest absolute Gasteiger partial charge is 0.495 e. The van der Waals surface area contributed by atoms with Crippen molar-refractivity contribution in [3.63, 3.8) is 0 Å². The van der Waals surface area contributed by atoms with Crippen LogP contribution < -0.4 is 15.0 Å². The fraction of sp³-hybridized carbons (Fsp3) is 0.278. The molecule has 0 saturated heterocycles. The quantitative estimate of drug-likeness (QED) is 0.536. The van der Waals surface area contributed by atoms with Gasteiger partial charge in [-0.3, -0.25) is 14.9 Å². The van der Waals surface area contributed by atoms with Gasteiger partial charge < -0.3 is 15.0 Å². The summed E-state index contributed by atoms with van der Waals surface area (Å²) in [6, 6.07) is 8.00. The zero-order valence-corrected chi connectivity index (χ0v) is 17.5. The smallest absolute Gasteiger partial charge is 0.270 e. The summed E-state index contributed by atoms with van der Waals surface area (Å²) in [6.07, 6.45) is 0. The number of carbonyl (C=O) groups is 1. The fourth-order valence-electron chi connectivity index (χ4n) is 2.56. The molecule has 0 aliphatic rings. The number of sulfonamides is 1. The number of carbonyl (C=O) groups excluding carboxylic acids is 1. The first-order valence-electron chi connectivity index (χ1n) is 8.36. The summed E-state index contributed by atoms with van der Waals surface area (Å²) in [5, 5.41) is 13.7. The van der Waals surface area contributed by atoms with E-state index in [0.717, 1.165) is 10.4 Å². The monoisotopic (exact) mass is 422 g/mol. The minimum absolute atomic E-state index is 0.0366. The standard InChI is InChI=1S/C18H22N4O6S/c1-20(2)16-8-6-12(22(24)25)10-14(16)18(23)19-15-11-13(7-9-17(15)28-5)29(26,27)21(3)4/h6-11H,1-5H3,(H,19,23). The molecule has 0 aromatic heterocycles. The van der Waals surface area contributed by atoms with Crippen molar-refractivity contribution in [3.05, 3.63) is 52.1 Å². The van der Waals surface area contributed by atoms with Gasteiger partial charge in [0, 0.05) is 46.0 Å². The first-order chi connectivity index (χ1) is 13.5. The van der Waals surface area contributed by atoms with Crippen molar-refractivity contribution in [3.8, 4) is 5.75 Å². The normalized spacial score (nSPS) is 11.2. The molecule has 29 heavy (non-hydrogen) atoms. The van der Waals surface area contributed by atoms with Gasteiger partial charge in [0.05, 0.1) is 28.2 Å². The number of rotatable bonds is 7. The predicted octanol–water partition coefficient (Wildman–Crippen LogP) is 2.17. The van der Waals surface area contributed by atoms with E-state index in [9.17, 15) is 23.3 Å². The van der Waals surface area contributed by atoms with E-state index in [1.54, 1.807) is 19.0 Å². The molecule has 0 spiro atoms. The molecule has 0 aliphatic carbocycles. The van der Waals surface area contributed by atoms with Gasteiger partial charge in [-0.1, -0.05) is 0 Å². The molecule has 0 saturated carbocycles. The lowest BCUT2D eigenvalue weighted by molar-refractivity contribution is -0.384. The molecule has 156 valence electrons. The van der Waals surface area contributed by atoms with Crippen molar-refractivity contribution < 1.29 is 22.9 Å². The van der Waals surface area contributed by atoms with Gasteiger partial charge in [-0.05, 0) is 24.3 Å². The highest BCUT2D eigenvalue weighted by Gasteiger charge is 2.22. The van der Waals surface area contributed by atoms with Crippen molar-refractivity contribution in [2.75, 3.05) is 45.5 Å². The van der Waals surface area contributed by atoms with Crippen molar-refractivity contribution in [1.29, 1.82) is 0 Å².